The minimum atomic E-state index is -3.53. The number of piperidine rings is 1. The SMILES string of the molecule is O=C(Nc1ccc2ccccc2c1)[C@@H]1CC1c1ccc(S(=O)(=O)NC2CCNCC2)cc1. The maximum absolute atomic E-state index is 12.7. The zero-order valence-electron chi connectivity index (χ0n) is 17.8. The van der Waals surface area contributed by atoms with Crippen molar-refractivity contribution < 1.29 is 13.2 Å². The summed E-state index contributed by atoms with van der Waals surface area (Å²) in [5.41, 5.74) is 1.80. The maximum Gasteiger partial charge on any atom is 0.240 e. The highest BCUT2D eigenvalue weighted by Gasteiger charge is 2.44. The molecule has 0 bridgehead atoms. The van der Waals surface area contributed by atoms with Crippen LogP contribution in [-0.2, 0) is 14.8 Å². The van der Waals surface area contributed by atoms with Crippen LogP contribution in [0.5, 0.6) is 0 Å². The van der Waals surface area contributed by atoms with E-state index in [4.69, 9.17) is 0 Å². The summed E-state index contributed by atoms with van der Waals surface area (Å²) in [5.74, 6) is 0.0518. The number of hydrogen-bond acceptors (Lipinski definition) is 4. The maximum atomic E-state index is 12.7. The molecule has 1 saturated heterocycles. The lowest BCUT2D eigenvalue weighted by atomic mass is 10.1. The number of amides is 1. The number of anilines is 1. The number of carbonyl (C=O) groups excluding carboxylic acids is 1. The van der Waals surface area contributed by atoms with E-state index in [1.165, 1.54) is 0 Å². The van der Waals surface area contributed by atoms with Crippen LogP contribution in [0.4, 0.5) is 5.69 Å². The number of sulfonamides is 1. The summed E-state index contributed by atoms with van der Waals surface area (Å²) < 4.78 is 28.2. The van der Waals surface area contributed by atoms with Gasteiger partial charge in [0, 0.05) is 17.6 Å². The Hall–Kier alpha value is -2.74. The average molecular weight is 450 g/mol. The molecule has 3 N–H and O–H groups in total. The molecule has 6 nitrogen and oxygen atoms in total. The van der Waals surface area contributed by atoms with Crippen molar-refractivity contribution in [2.24, 2.45) is 5.92 Å². The molecule has 1 unspecified atom stereocenters. The van der Waals surface area contributed by atoms with E-state index in [9.17, 15) is 13.2 Å². The van der Waals surface area contributed by atoms with Gasteiger partial charge >= 0.3 is 0 Å². The molecule has 0 radical (unpaired) electrons. The first-order chi connectivity index (χ1) is 15.5. The molecule has 2 fully saturated rings. The van der Waals surface area contributed by atoms with Crippen molar-refractivity contribution in [3.05, 3.63) is 72.3 Å². The second kappa shape index (κ2) is 8.65. The summed E-state index contributed by atoms with van der Waals surface area (Å²) >= 11 is 0. The Labute approximate surface area is 188 Å². The molecule has 7 heteroatoms. The van der Waals surface area contributed by atoms with Crippen LogP contribution in [-0.4, -0.2) is 33.5 Å². The third kappa shape index (κ3) is 4.55. The Bertz CT molecular complexity index is 1230. The summed E-state index contributed by atoms with van der Waals surface area (Å²) in [7, 11) is -3.53. The van der Waals surface area contributed by atoms with Gasteiger partial charge in [0.1, 0.15) is 0 Å². The molecule has 1 aliphatic heterocycles. The van der Waals surface area contributed by atoms with E-state index in [2.05, 4.69) is 15.4 Å². The lowest BCUT2D eigenvalue weighted by molar-refractivity contribution is -0.117. The third-order valence-electron chi connectivity index (χ3n) is 6.42. The highest BCUT2D eigenvalue weighted by atomic mass is 32.2. The largest absolute Gasteiger partial charge is 0.326 e. The second-order valence-corrected chi connectivity index (χ2v) is 10.4. The number of carbonyl (C=O) groups is 1. The highest BCUT2D eigenvalue weighted by Crippen LogP contribution is 2.48. The van der Waals surface area contributed by atoms with Crippen LogP contribution in [0.3, 0.4) is 0 Å². The van der Waals surface area contributed by atoms with E-state index in [-0.39, 0.29) is 28.7 Å². The molecule has 166 valence electrons. The number of fused-ring (bicyclic) bond motifs is 1. The fraction of sp³-hybridized carbons (Fsp3) is 0.320. The molecule has 0 spiro atoms. The molecule has 1 amide bonds. The van der Waals surface area contributed by atoms with Crippen LogP contribution >= 0.6 is 0 Å². The predicted molar refractivity (Wildman–Crippen MR) is 126 cm³/mol. The van der Waals surface area contributed by atoms with Crippen LogP contribution in [0.25, 0.3) is 10.8 Å². The summed E-state index contributed by atoms with van der Waals surface area (Å²) in [5, 5.41) is 8.49. The smallest absolute Gasteiger partial charge is 0.240 e. The lowest BCUT2D eigenvalue weighted by Gasteiger charge is -2.23. The second-order valence-electron chi connectivity index (χ2n) is 8.71. The fourth-order valence-electron chi connectivity index (χ4n) is 4.48. The third-order valence-corrected chi connectivity index (χ3v) is 7.96. The molecular formula is C25H27N3O3S. The Morgan fingerprint density at radius 2 is 1.62 bits per heavy atom. The van der Waals surface area contributed by atoms with Crippen molar-refractivity contribution in [1.82, 2.24) is 10.0 Å². The van der Waals surface area contributed by atoms with Gasteiger partial charge in [0.25, 0.3) is 0 Å². The molecule has 1 heterocycles. The van der Waals surface area contributed by atoms with E-state index in [0.717, 1.165) is 54.4 Å². The van der Waals surface area contributed by atoms with Crippen molar-refractivity contribution in [1.29, 1.82) is 0 Å². The normalized spacial score (nSPS) is 21.4. The minimum absolute atomic E-state index is 0.00885. The quantitative estimate of drug-likeness (QED) is 0.537. The van der Waals surface area contributed by atoms with Gasteiger partial charge in [-0.25, -0.2) is 13.1 Å². The van der Waals surface area contributed by atoms with Gasteiger partial charge in [-0.05, 0) is 78.9 Å². The van der Waals surface area contributed by atoms with Crippen molar-refractivity contribution in [3.63, 3.8) is 0 Å². The van der Waals surface area contributed by atoms with Gasteiger partial charge in [-0.1, -0.05) is 42.5 Å². The molecular weight excluding hydrogens is 422 g/mol. The predicted octanol–water partition coefficient (Wildman–Crippen LogP) is 3.61. The van der Waals surface area contributed by atoms with E-state index in [1.807, 2.05) is 54.6 Å². The van der Waals surface area contributed by atoms with E-state index in [0.29, 0.717) is 0 Å². The van der Waals surface area contributed by atoms with Gasteiger partial charge < -0.3 is 10.6 Å². The Morgan fingerprint density at radius 3 is 2.38 bits per heavy atom. The van der Waals surface area contributed by atoms with E-state index < -0.39 is 10.0 Å². The van der Waals surface area contributed by atoms with Gasteiger partial charge in [0.15, 0.2) is 0 Å². The van der Waals surface area contributed by atoms with Crippen LogP contribution in [0.1, 0.15) is 30.7 Å². The molecule has 5 rings (SSSR count). The number of nitrogens with one attached hydrogen (secondary N) is 3. The standard InChI is InChI=1S/C25H27N3O3S/c29-25(27-21-8-5-17-3-1-2-4-19(17)15-21)24-16-23(24)18-6-9-22(10-7-18)32(30,31)28-20-11-13-26-14-12-20/h1-10,15,20,23-24,26,28H,11-14,16H2,(H,27,29)/t23?,24-/m1/s1. The van der Waals surface area contributed by atoms with Crippen molar-refractivity contribution in [2.75, 3.05) is 18.4 Å². The Morgan fingerprint density at radius 1 is 0.906 bits per heavy atom. The van der Waals surface area contributed by atoms with Crippen LogP contribution in [0.15, 0.2) is 71.6 Å². The monoisotopic (exact) mass is 449 g/mol. The summed E-state index contributed by atoms with van der Waals surface area (Å²) in [4.78, 5) is 13.0. The topological polar surface area (TPSA) is 87.3 Å². The molecule has 1 saturated carbocycles. The fourth-order valence-corrected chi connectivity index (χ4v) is 5.78. The number of hydrogen-bond donors (Lipinski definition) is 3. The Kier molecular flexibility index (Phi) is 5.71. The van der Waals surface area contributed by atoms with Gasteiger partial charge in [-0.15, -0.1) is 0 Å². The summed E-state index contributed by atoms with van der Waals surface area (Å²) in [6.07, 6.45) is 2.37. The molecule has 2 aliphatic rings. The number of rotatable bonds is 6. The first-order valence-electron chi connectivity index (χ1n) is 11.1. The lowest BCUT2D eigenvalue weighted by Crippen LogP contribution is -2.42. The minimum Gasteiger partial charge on any atom is -0.326 e. The highest BCUT2D eigenvalue weighted by molar-refractivity contribution is 7.89. The molecule has 3 aromatic rings. The summed E-state index contributed by atoms with van der Waals surface area (Å²) in [6.45, 7) is 1.66. The zero-order chi connectivity index (χ0) is 22.1. The van der Waals surface area contributed by atoms with Crippen LogP contribution < -0.4 is 15.4 Å². The van der Waals surface area contributed by atoms with E-state index in [1.54, 1.807) is 12.1 Å². The van der Waals surface area contributed by atoms with E-state index >= 15 is 0 Å². The molecule has 32 heavy (non-hydrogen) atoms. The molecule has 0 aromatic heterocycles. The van der Waals surface area contributed by atoms with Crippen LogP contribution in [0, 0.1) is 5.92 Å². The first kappa shape index (κ1) is 21.1. The van der Waals surface area contributed by atoms with Crippen LogP contribution in [0.2, 0.25) is 0 Å². The molecule has 1 aliphatic carbocycles. The van der Waals surface area contributed by atoms with Crippen molar-refractivity contribution in [2.45, 2.75) is 36.1 Å². The average Bonchev–Trinajstić information content (AvgIpc) is 3.61. The van der Waals surface area contributed by atoms with Gasteiger partial charge in [-0.3, -0.25) is 4.79 Å². The molecule has 3 aromatic carbocycles. The molecule has 2 atom stereocenters. The van der Waals surface area contributed by atoms with Crippen molar-refractivity contribution in [3.8, 4) is 0 Å². The van der Waals surface area contributed by atoms with Gasteiger partial charge in [0.05, 0.1) is 4.90 Å². The van der Waals surface area contributed by atoms with Crippen molar-refractivity contribution >= 4 is 32.4 Å². The van der Waals surface area contributed by atoms with Gasteiger partial charge in [0.2, 0.25) is 15.9 Å². The first-order valence-corrected chi connectivity index (χ1v) is 12.6. The number of benzene rings is 3. The van der Waals surface area contributed by atoms with Gasteiger partial charge in [-0.2, -0.15) is 0 Å². The zero-order valence-corrected chi connectivity index (χ0v) is 18.6. The summed E-state index contributed by atoms with van der Waals surface area (Å²) in [6, 6.07) is 20.9. The Balaban J connectivity index is 1.21.